The molecule has 0 aromatic rings. The van der Waals surface area contributed by atoms with E-state index in [-0.39, 0.29) is 26.2 Å². The second kappa shape index (κ2) is 11.6. The summed E-state index contributed by atoms with van der Waals surface area (Å²) in [6, 6.07) is 0. The van der Waals surface area contributed by atoms with E-state index in [2.05, 4.69) is 9.05 Å². The van der Waals surface area contributed by atoms with Gasteiger partial charge in [-0.15, -0.1) is 0 Å². The van der Waals surface area contributed by atoms with Gasteiger partial charge >= 0.3 is 19.8 Å². The minimum atomic E-state index is -4.28. The number of nitrogens with two attached hydrogens (primary N) is 1. The number of hydrogen-bond acceptors (Lipinski definition) is 8. The molecule has 0 saturated heterocycles. The zero-order chi connectivity index (χ0) is 17.0. The predicted octanol–water partition coefficient (Wildman–Crippen LogP) is 0.744. The zero-order valence-electron chi connectivity index (χ0n) is 12.9. The van der Waals surface area contributed by atoms with E-state index in [9.17, 15) is 19.0 Å². The van der Waals surface area contributed by atoms with Crippen LogP contribution in [-0.2, 0) is 32.7 Å². The summed E-state index contributed by atoms with van der Waals surface area (Å²) in [5, 5.41) is 0. The summed E-state index contributed by atoms with van der Waals surface area (Å²) in [5.74, 6) is -1.07. The van der Waals surface area contributed by atoms with Crippen LogP contribution in [0, 0.1) is 0 Å². The number of carbonyl (C=O) groups excluding carboxylic acids is 2. The highest BCUT2D eigenvalue weighted by Crippen LogP contribution is 2.42. The highest BCUT2D eigenvalue weighted by molar-refractivity contribution is 7.47. The lowest BCUT2D eigenvalue weighted by Crippen LogP contribution is -2.28. The molecule has 0 saturated carbocycles. The molecule has 0 aliphatic carbocycles. The van der Waals surface area contributed by atoms with Crippen LogP contribution in [0.4, 0.5) is 0 Å². The summed E-state index contributed by atoms with van der Waals surface area (Å²) in [4.78, 5) is 31.7. The van der Waals surface area contributed by atoms with E-state index in [1.807, 2.05) is 6.92 Å². The Bertz CT molecular complexity index is 389. The Morgan fingerprint density at radius 3 is 2.50 bits per heavy atom. The van der Waals surface area contributed by atoms with Crippen LogP contribution in [0.2, 0.25) is 0 Å². The topological polar surface area (TPSA) is 134 Å². The third kappa shape index (κ3) is 11.6. The molecule has 2 atom stereocenters. The second-order valence-corrected chi connectivity index (χ2v) is 5.86. The quantitative estimate of drug-likeness (QED) is 0.389. The van der Waals surface area contributed by atoms with Crippen LogP contribution in [0.3, 0.4) is 0 Å². The molecule has 130 valence electrons. The molecule has 22 heavy (non-hydrogen) atoms. The minimum Gasteiger partial charge on any atom is -0.462 e. The van der Waals surface area contributed by atoms with Gasteiger partial charge in [0.2, 0.25) is 0 Å². The van der Waals surface area contributed by atoms with Crippen molar-refractivity contribution in [3.8, 4) is 0 Å². The predicted molar refractivity (Wildman–Crippen MR) is 76.8 cm³/mol. The first kappa shape index (κ1) is 21.0. The maximum absolute atomic E-state index is 11.4. The fraction of sp³-hybridized carbons (Fsp3) is 0.833. The number of phosphoric ester groups is 1. The van der Waals surface area contributed by atoms with Gasteiger partial charge < -0.3 is 20.1 Å². The van der Waals surface area contributed by atoms with Crippen molar-refractivity contribution in [1.29, 1.82) is 0 Å². The maximum atomic E-state index is 11.4. The standard InChI is InChI=1S/C12H24NO8P/c1-3-4-5-12(15)18-8-11(21-10(2)14)9-20-22(16,17)19-7-6-13/h11H,3-9,13H2,1-2H3,(H,16,17)/t11-/m1/s1. The molecule has 0 rings (SSSR count). The van der Waals surface area contributed by atoms with E-state index in [4.69, 9.17) is 15.2 Å². The van der Waals surface area contributed by atoms with Crippen molar-refractivity contribution in [2.45, 2.75) is 39.2 Å². The van der Waals surface area contributed by atoms with Crippen LogP contribution in [0.1, 0.15) is 33.1 Å². The van der Waals surface area contributed by atoms with Gasteiger partial charge in [0, 0.05) is 19.9 Å². The van der Waals surface area contributed by atoms with E-state index in [0.717, 1.165) is 13.3 Å². The lowest BCUT2D eigenvalue weighted by molar-refractivity contribution is -0.159. The fourth-order valence-corrected chi connectivity index (χ4v) is 2.08. The molecule has 0 aromatic heterocycles. The van der Waals surface area contributed by atoms with Crippen molar-refractivity contribution in [3.63, 3.8) is 0 Å². The molecule has 9 nitrogen and oxygen atoms in total. The number of carbonyl (C=O) groups is 2. The second-order valence-electron chi connectivity index (χ2n) is 4.40. The minimum absolute atomic E-state index is 0.0519. The zero-order valence-corrected chi connectivity index (χ0v) is 13.8. The summed E-state index contributed by atoms with van der Waals surface area (Å²) in [7, 11) is -4.28. The number of esters is 2. The molecule has 0 fully saturated rings. The average molecular weight is 341 g/mol. The maximum Gasteiger partial charge on any atom is 0.472 e. The van der Waals surface area contributed by atoms with E-state index in [1.54, 1.807) is 0 Å². The van der Waals surface area contributed by atoms with Crippen molar-refractivity contribution in [2.75, 3.05) is 26.4 Å². The molecule has 1 unspecified atom stereocenters. The van der Waals surface area contributed by atoms with Crippen molar-refractivity contribution in [3.05, 3.63) is 0 Å². The third-order valence-corrected chi connectivity index (χ3v) is 3.28. The molecule has 0 heterocycles. The lowest BCUT2D eigenvalue weighted by atomic mass is 10.2. The highest BCUT2D eigenvalue weighted by Gasteiger charge is 2.25. The van der Waals surface area contributed by atoms with Gasteiger partial charge in [0.25, 0.3) is 0 Å². The Kier molecular flexibility index (Phi) is 11.0. The number of rotatable bonds is 12. The van der Waals surface area contributed by atoms with Gasteiger partial charge in [-0.1, -0.05) is 13.3 Å². The first-order valence-electron chi connectivity index (χ1n) is 6.95. The average Bonchev–Trinajstić information content (AvgIpc) is 2.45. The van der Waals surface area contributed by atoms with Crippen molar-refractivity contribution < 1.29 is 37.6 Å². The van der Waals surface area contributed by atoms with Crippen LogP contribution < -0.4 is 5.73 Å². The van der Waals surface area contributed by atoms with Crippen LogP contribution in [0.5, 0.6) is 0 Å². The molecule has 3 N–H and O–H groups in total. The van der Waals surface area contributed by atoms with E-state index >= 15 is 0 Å². The molecule has 10 heteroatoms. The normalized spacial score (nSPS) is 14.9. The van der Waals surface area contributed by atoms with Gasteiger partial charge in [0.1, 0.15) is 6.61 Å². The molecule has 0 radical (unpaired) electrons. The summed E-state index contributed by atoms with van der Waals surface area (Å²) in [6.45, 7) is 2.28. The Hall–Kier alpha value is -0.990. The largest absolute Gasteiger partial charge is 0.472 e. The van der Waals surface area contributed by atoms with Crippen molar-refractivity contribution in [2.24, 2.45) is 5.73 Å². The number of unbranched alkanes of at least 4 members (excludes halogenated alkanes) is 1. The van der Waals surface area contributed by atoms with Crippen molar-refractivity contribution in [1.82, 2.24) is 0 Å². The first-order chi connectivity index (χ1) is 10.3. The summed E-state index contributed by atoms with van der Waals surface area (Å²) in [5.41, 5.74) is 5.14. The van der Waals surface area contributed by atoms with Gasteiger partial charge in [-0.05, 0) is 6.42 Å². The number of phosphoric acid groups is 1. The van der Waals surface area contributed by atoms with E-state index in [1.165, 1.54) is 0 Å². The Labute approximate surface area is 129 Å². The fourth-order valence-electron chi connectivity index (χ4n) is 1.31. The van der Waals surface area contributed by atoms with Crippen LogP contribution >= 0.6 is 7.82 Å². The molecular weight excluding hydrogens is 317 g/mol. The van der Waals surface area contributed by atoms with E-state index < -0.39 is 32.5 Å². The van der Waals surface area contributed by atoms with Gasteiger partial charge in [-0.2, -0.15) is 0 Å². The molecule has 0 bridgehead atoms. The molecular formula is C12H24NO8P. The Morgan fingerprint density at radius 2 is 1.95 bits per heavy atom. The summed E-state index contributed by atoms with van der Waals surface area (Å²) >= 11 is 0. The monoisotopic (exact) mass is 341 g/mol. The molecule has 0 aromatic carbocycles. The van der Waals surface area contributed by atoms with Gasteiger partial charge in [-0.3, -0.25) is 18.6 Å². The summed E-state index contributed by atoms with van der Waals surface area (Å²) < 4.78 is 30.4. The van der Waals surface area contributed by atoms with Gasteiger partial charge in [0.15, 0.2) is 6.10 Å². The van der Waals surface area contributed by atoms with Crippen LogP contribution in [-0.4, -0.2) is 49.3 Å². The Morgan fingerprint density at radius 1 is 1.27 bits per heavy atom. The Balaban J connectivity index is 4.31. The molecule has 0 spiro atoms. The highest BCUT2D eigenvalue weighted by atomic mass is 31.2. The van der Waals surface area contributed by atoms with E-state index in [0.29, 0.717) is 6.42 Å². The smallest absolute Gasteiger partial charge is 0.462 e. The molecule has 0 aliphatic heterocycles. The number of ether oxygens (including phenoxy) is 2. The number of hydrogen-bond donors (Lipinski definition) is 2. The SMILES string of the molecule is CCCCC(=O)OC[C@H](COP(=O)(O)OCCN)OC(C)=O. The summed E-state index contributed by atoms with van der Waals surface area (Å²) in [6.07, 6.45) is 0.789. The van der Waals surface area contributed by atoms with Crippen molar-refractivity contribution >= 4 is 19.8 Å². The van der Waals surface area contributed by atoms with Gasteiger partial charge in [0.05, 0.1) is 13.2 Å². The van der Waals surface area contributed by atoms with Crippen LogP contribution in [0.25, 0.3) is 0 Å². The first-order valence-corrected chi connectivity index (χ1v) is 8.45. The third-order valence-electron chi connectivity index (χ3n) is 2.29. The van der Waals surface area contributed by atoms with Gasteiger partial charge in [-0.25, -0.2) is 4.57 Å². The lowest BCUT2D eigenvalue weighted by Gasteiger charge is -2.19. The van der Waals surface area contributed by atoms with Crippen LogP contribution in [0.15, 0.2) is 0 Å². The molecule has 0 amide bonds. The molecule has 0 aliphatic rings.